The van der Waals surface area contributed by atoms with E-state index in [0.29, 0.717) is 11.4 Å². The lowest BCUT2D eigenvalue weighted by Crippen LogP contribution is -2.42. The van der Waals surface area contributed by atoms with Crippen LogP contribution in [0.2, 0.25) is 0 Å². The molecule has 1 N–H and O–H groups in total. The van der Waals surface area contributed by atoms with Gasteiger partial charge in [0.05, 0.1) is 11.9 Å². The SMILES string of the molecule is Cn1cc(NC(=O)C(C)(C)Oc2ccc([C@H]3CC3(Cl)Cl)cc2)cn1. The number of aryl methyl sites for hydroxylation is 1. The van der Waals surface area contributed by atoms with E-state index < -0.39 is 9.93 Å². The van der Waals surface area contributed by atoms with Crippen LogP contribution in [-0.4, -0.2) is 25.6 Å². The van der Waals surface area contributed by atoms with Crippen LogP contribution < -0.4 is 10.1 Å². The van der Waals surface area contributed by atoms with E-state index in [1.54, 1.807) is 38.0 Å². The van der Waals surface area contributed by atoms with Gasteiger partial charge in [-0.15, -0.1) is 23.2 Å². The van der Waals surface area contributed by atoms with Gasteiger partial charge in [-0.3, -0.25) is 9.48 Å². The van der Waals surface area contributed by atoms with Crippen molar-refractivity contribution in [1.82, 2.24) is 9.78 Å². The molecule has 1 aromatic heterocycles. The molecule has 0 aliphatic heterocycles. The average molecular weight is 368 g/mol. The molecule has 1 aromatic carbocycles. The molecule has 7 heteroatoms. The molecule has 1 aliphatic carbocycles. The van der Waals surface area contributed by atoms with E-state index in [0.717, 1.165) is 12.0 Å². The van der Waals surface area contributed by atoms with Crippen LogP contribution in [0.5, 0.6) is 5.75 Å². The van der Waals surface area contributed by atoms with Crippen LogP contribution >= 0.6 is 23.2 Å². The van der Waals surface area contributed by atoms with Gasteiger partial charge in [0.25, 0.3) is 5.91 Å². The number of alkyl halides is 2. The maximum absolute atomic E-state index is 12.4. The van der Waals surface area contributed by atoms with Crippen molar-refractivity contribution < 1.29 is 9.53 Å². The molecule has 1 fully saturated rings. The zero-order valence-corrected chi connectivity index (χ0v) is 15.2. The third-order valence-corrected chi connectivity index (χ3v) is 4.83. The van der Waals surface area contributed by atoms with Gasteiger partial charge in [0.1, 0.15) is 10.1 Å². The largest absolute Gasteiger partial charge is 0.478 e. The van der Waals surface area contributed by atoms with Crippen molar-refractivity contribution in [2.45, 2.75) is 36.1 Å². The van der Waals surface area contributed by atoms with Crippen LogP contribution in [0.1, 0.15) is 31.7 Å². The first-order valence-corrected chi connectivity index (χ1v) is 8.40. The molecule has 24 heavy (non-hydrogen) atoms. The number of nitrogens with zero attached hydrogens (tertiary/aromatic N) is 2. The van der Waals surface area contributed by atoms with Gasteiger partial charge in [0, 0.05) is 19.2 Å². The van der Waals surface area contributed by atoms with Crippen LogP contribution in [0.3, 0.4) is 0 Å². The Labute approximate surface area is 150 Å². The van der Waals surface area contributed by atoms with E-state index in [9.17, 15) is 4.79 Å². The number of nitrogens with one attached hydrogen (secondary N) is 1. The van der Waals surface area contributed by atoms with Crippen molar-refractivity contribution in [3.63, 3.8) is 0 Å². The lowest BCUT2D eigenvalue weighted by atomic mass is 10.1. The number of carbonyl (C=O) groups excluding carboxylic acids is 1. The number of hydrogen-bond donors (Lipinski definition) is 1. The third kappa shape index (κ3) is 3.68. The summed E-state index contributed by atoms with van der Waals surface area (Å²) in [6.07, 6.45) is 4.07. The fraction of sp³-hybridized carbons (Fsp3) is 0.412. The molecule has 2 aromatic rings. The summed E-state index contributed by atoms with van der Waals surface area (Å²) in [5, 5.41) is 6.81. The molecular formula is C17H19Cl2N3O2. The van der Waals surface area contributed by atoms with Crippen molar-refractivity contribution >= 4 is 34.8 Å². The van der Waals surface area contributed by atoms with Crippen molar-refractivity contribution in [2.75, 3.05) is 5.32 Å². The zero-order chi connectivity index (χ0) is 17.5. The van der Waals surface area contributed by atoms with Gasteiger partial charge < -0.3 is 10.1 Å². The van der Waals surface area contributed by atoms with Crippen LogP contribution in [0.25, 0.3) is 0 Å². The number of rotatable bonds is 5. The van der Waals surface area contributed by atoms with Crippen LogP contribution in [0, 0.1) is 0 Å². The highest BCUT2D eigenvalue weighted by Crippen LogP contribution is 2.59. The van der Waals surface area contributed by atoms with E-state index in [2.05, 4.69) is 10.4 Å². The third-order valence-electron chi connectivity index (χ3n) is 3.99. The van der Waals surface area contributed by atoms with Crippen molar-refractivity contribution in [3.05, 3.63) is 42.2 Å². The Bertz CT molecular complexity index is 753. The Morgan fingerprint density at radius 3 is 2.50 bits per heavy atom. The average Bonchev–Trinajstić information content (AvgIpc) is 2.93. The lowest BCUT2D eigenvalue weighted by Gasteiger charge is -2.25. The van der Waals surface area contributed by atoms with Gasteiger partial charge in [-0.2, -0.15) is 5.10 Å². The van der Waals surface area contributed by atoms with Crippen LogP contribution in [0.4, 0.5) is 5.69 Å². The van der Waals surface area contributed by atoms with E-state index in [-0.39, 0.29) is 11.8 Å². The molecule has 5 nitrogen and oxygen atoms in total. The summed E-state index contributed by atoms with van der Waals surface area (Å²) in [6.45, 7) is 3.44. The van der Waals surface area contributed by atoms with Crippen LogP contribution in [-0.2, 0) is 11.8 Å². The first-order chi connectivity index (χ1) is 11.2. The Kier molecular flexibility index (Phi) is 4.26. The van der Waals surface area contributed by atoms with Gasteiger partial charge >= 0.3 is 0 Å². The Hall–Kier alpha value is -1.72. The van der Waals surface area contributed by atoms with Crippen molar-refractivity contribution in [3.8, 4) is 5.75 Å². The number of benzene rings is 1. The molecule has 1 aliphatic rings. The number of anilines is 1. The quantitative estimate of drug-likeness (QED) is 0.815. The van der Waals surface area contributed by atoms with Gasteiger partial charge in [0.15, 0.2) is 5.60 Å². The van der Waals surface area contributed by atoms with E-state index in [1.807, 2.05) is 24.3 Å². The molecule has 0 radical (unpaired) electrons. The molecule has 0 unspecified atom stereocenters. The number of aromatic nitrogens is 2. The number of ether oxygens (including phenoxy) is 1. The summed E-state index contributed by atoms with van der Waals surface area (Å²) < 4.78 is 6.82. The number of hydrogen-bond acceptors (Lipinski definition) is 3. The highest BCUT2D eigenvalue weighted by molar-refractivity contribution is 6.51. The van der Waals surface area contributed by atoms with Gasteiger partial charge in [0.2, 0.25) is 0 Å². The smallest absolute Gasteiger partial charge is 0.268 e. The summed E-state index contributed by atoms with van der Waals surface area (Å²) in [7, 11) is 1.79. The topological polar surface area (TPSA) is 56.2 Å². The first kappa shape index (κ1) is 17.1. The molecule has 1 atom stereocenters. The second-order valence-corrected chi connectivity index (χ2v) is 8.10. The summed E-state index contributed by atoms with van der Waals surface area (Å²) in [4.78, 5) is 12.4. The molecular weight excluding hydrogens is 349 g/mol. The second kappa shape index (κ2) is 5.97. The van der Waals surface area contributed by atoms with E-state index >= 15 is 0 Å². The molecule has 1 amide bonds. The zero-order valence-electron chi connectivity index (χ0n) is 13.7. The van der Waals surface area contributed by atoms with E-state index in [4.69, 9.17) is 27.9 Å². The summed E-state index contributed by atoms with van der Waals surface area (Å²) in [5.74, 6) is 0.527. The number of amides is 1. The second-order valence-electron chi connectivity index (χ2n) is 6.56. The van der Waals surface area contributed by atoms with Crippen LogP contribution in [0.15, 0.2) is 36.7 Å². The fourth-order valence-electron chi connectivity index (χ4n) is 2.45. The highest BCUT2D eigenvalue weighted by Gasteiger charge is 2.52. The molecule has 1 saturated carbocycles. The molecule has 0 spiro atoms. The van der Waals surface area contributed by atoms with Gasteiger partial charge in [-0.1, -0.05) is 12.1 Å². The minimum atomic E-state index is -1.03. The molecule has 0 saturated heterocycles. The van der Waals surface area contributed by atoms with E-state index in [1.165, 1.54) is 0 Å². The maximum Gasteiger partial charge on any atom is 0.268 e. The Morgan fingerprint density at radius 1 is 1.38 bits per heavy atom. The monoisotopic (exact) mass is 367 g/mol. The highest BCUT2D eigenvalue weighted by atomic mass is 35.5. The predicted octanol–water partition coefficient (Wildman–Crippen LogP) is 3.88. The number of halogens is 2. The van der Waals surface area contributed by atoms with Gasteiger partial charge in [-0.05, 0) is 38.0 Å². The number of carbonyl (C=O) groups is 1. The summed E-state index contributed by atoms with van der Waals surface area (Å²) >= 11 is 12.2. The molecule has 0 bridgehead atoms. The molecule has 128 valence electrons. The summed E-state index contributed by atoms with van der Waals surface area (Å²) in [6, 6.07) is 7.52. The maximum atomic E-state index is 12.4. The minimum Gasteiger partial charge on any atom is -0.478 e. The fourth-order valence-corrected chi connectivity index (χ4v) is 3.01. The normalized spacial score (nSPS) is 19.0. The van der Waals surface area contributed by atoms with Crippen molar-refractivity contribution in [2.24, 2.45) is 7.05 Å². The Morgan fingerprint density at radius 2 is 2.00 bits per heavy atom. The van der Waals surface area contributed by atoms with Crippen molar-refractivity contribution in [1.29, 1.82) is 0 Å². The summed E-state index contributed by atoms with van der Waals surface area (Å²) in [5.41, 5.74) is 0.674. The predicted molar refractivity (Wildman–Crippen MR) is 94.8 cm³/mol. The molecule has 1 heterocycles. The van der Waals surface area contributed by atoms with Gasteiger partial charge in [-0.25, -0.2) is 0 Å². The lowest BCUT2D eigenvalue weighted by molar-refractivity contribution is -0.128. The Balaban J connectivity index is 1.64. The molecule has 3 rings (SSSR count). The first-order valence-electron chi connectivity index (χ1n) is 7.64. The standard InChI is InChI=1S/C17H19Cl2N3O2/c1-16(2,15(23)21-12-9-20-22(3)10-12)24-13-6-4-11(5-7-13)14-8-17(14,18)19/h4-7,9-10,14H,8H2,1-3H3,(H,21,23)/t14-/m1/s1. The minimum absolute atomic E-state index is 0.164.